The van der Waals surface area contributed by atoms with E-state index in [1.54, 1.807) is 12.5 Å². The number of carbonyl (C=O) groups is 2. The number of aromatic nitrogens is 2. The molecule has 1 aliphatic carbocycles. The van der Waals surface area contributed by atoms with Crippen molar-refractivity contribution in [2.45, 2.75) is 25.8 Å². The van der Waals surface area contributed by atoms with Gasteiger partial charge in [-0.25, -0.2) is 4.98 Å². The summed E-state index contributed by atoms with van der Waals surface area (Å²) in [5.74, 6) is -2.11. The van der Waals surface area contributed by atoms with Crippen LogP contribution in [0.4, 0.5) is 0 Å². The summed E-state index contributed by atoms with van der Waals surface area (Å²) in [5.41, 5.74) is 0. The van der Waals surface area contributed by atoms with Crippen molar-refractivity contribution in [1.82, 2.24) is 14.9 Å². The van der Waals surface area contributed by atoms with E-state index in [1.165, 1.54) is 0 Å². The molecule has 2 atom stereocenters. The molecule has 0 saturated heterocycles. The van der Waals surface area contributed by atoms with Gasteiger partial charge in [-0.15, -0.1) is 0 Å². The number of carbonyl (C=O) groups excluding carboxylic acids is 1. The first-order chi connectivity index (χ1) is 9.68. The van der Waals surface area contributed by atoms with Crippen molar-refractivity contribution >= 4 is 11.9 Å². The molecule has 108 valence electrons. The van der Waals surface area contributed by atoms with Crippen LogP contribution in [0.25, 0.3) is 0 Å². The van der Waals surface area contributed by atoms with Gasteiger partial charge < -0.3 is 15.0 Å². The number of hydrogen-bond donors (Lipinski definition) is 2. The summed E-state index contributed by atoms with van der Waals surface area (Å²) in [6.45, 7) is 1.33. The molecule has 0 bridgehead atoms. The summed E-state index contributed by atoms with van der Waals surface area (Å²) in [7, 11) is 0. The number of hydrogen-bond acceptors (Lipinski definition) is 3. The third-order valence-corrected chi connectivity index (χ3v) is 3.54. The normalized spacial score (nSPS) is 21.6. The average molecular weight is 277 g/mol. The summed E-state index contributed by atoms with van der Waals surface area (Å²) < 4.78 is 1.94. The van der Waals surface area contributed by atoms with Crippen LogP contribution in [0, 0.1) is 11.8 Å². The van der Waals surface area contributed by atoms with E-state index in [1.807, 2.05) is 22.9 Å². The van der Waals surface area contributed by atoms with Crippen molar-refractivity contribution in [2.24, 2.45) is 11.8 Å². The third kappa shape index (κ3) is 3.69. The monoisotopic (exact) mass is 277 g/mol. The van der Waals surface area contributed by atoms with Crippen LogP contribution in [-0.4, -0.2) is 33.1 Å². The van der Waals surface area contributed by atoms with Crippen molar-refractivity contribution in [3.63, 3.8) is 0 Å². The van der Waals surface area contributed by atoms with Crippen molar-refractivity contribution in [3.05, 3.63) is 30.9 Å². The molecule has 0 fully saturated rings. The molecule has 0 spiro atoms. The maximum atomic E-state index is 12.0. The zero-order valence-corrected chi connectivity index (χ0v) is 11.2. The lowest BCUT2D eigenvalue weighted by molar-refractivity contribution is -0.147. The van der Waals surface area contributed by atoms with Crippen LogP contribution >= 0.6 is 0 Å². The van der Waals surface area contributed by atoms with E-state index in [2.05, 4.69) is 10.3 Å². The second-order valence-electron chi connectivity index (χ2n) is 4.94. The fraction of sp³-hybridized carbons (Fsp3) is 0.500. The number of aliphatic carboxylic acids is 1. The number of nitrogens with zero attached hydrogens (tertiary/aromatic N) is 2. The Balaban J connectivity index is 1.76. The lowest BCUT2D eigenvalue weighted by Crippen LogP contribution is -2.39. The smallest absolute Gasteiger partial charge is 0.307 e. The molecule has 0 aromatic carbocycles. The van der Waals surface area contributed by atoms with Crippen molar-refractivity contribution < 1.29 is 14.7 Å². The molecular weight excluding hydrogens is 258 g/mol. The lowest BCUT2D eigenvalue weighted by atomic mass is 9.82. The Morgan fingerprint density at radius 3 is 2.70 bits per heavy atom. The molecule has 1 aromatic rings. The van der Waals surface area contributed by atoms with Crippen LogP contribution in [-0.2, 0) is 16.1 Å². The first kappa shape index (κ1) is 14.3. The SMILES string of the molecule is O=C(O)[C@H]1CC=CC[C@H]1C(=O)NCCCn1ccnc1. The van der Waals surface area contributed by atoms with Gasteiger partial charge in [0, 0.05) is 25.5 Å². The summed E-state index contributed by atoms with van der Waals surface area (Å²) in [6.07, 6.45) is 10.8. The molecular formula is C14H19N3O3. The Morgan fingerprint density at radius 1 is 1.30 bits per heavy atom. The minimum atomic E-state index is -0.895. The Hall–Kier alpha value is -2.11. The molecule has 0 saturated carbocycles. The third-order valence-electron chi connectivity index (χ3n) is 3.54. The molecule has 20 heavy (non-hydrogen) atoms. The minimum absolute atomic E-state index is 0.160. The first-order valence-electron chi connectivity index (χ1n) is 6.79. The van der Waals surface area contributed by atoms with Crippen molar-refractivity contribution in [3.8, 4) is 0 Å². The fourth-order valence-corrected chi connectivity index (χ4v) is 2.40. The van der Waals surface area contributed by atoms with Crippen LogP contribution in [0.1, 0.15) is 19.3 Å². The summed E-state index contributed by atoms with van der Waals surface area (Å²) in [4.78, 5) is 27.1. The Labute approximate surface area is 117 Å². The van der Waals surface area contributed by atoms with E-state index in [0.717, 1.165) is 13.0 Å². The maximum absolute atomic E-state index is 12.0. The second-order valence-corrected chi connectivity index (χ2v) is 4.94. The standard InChI is InChI=1S/C14H19N3O3/c18-13(11-4-1-2-5-12(11)14(19)20)16-6-3-8-17-9-7-15-10-17/h1-2,7,9-12H,3-6,8H2,(H,16,18)(H,19,20)/t11-,12+/m1/s1. The van der Waals surface area contributed by atoms with Gasteiger partial charge in [-0.2, -0.15) is 0 Å². The minimum Gasteiger partial charge on any atom is -0.481 e. The molecule has 0 aliphatic heterocycles. The highest BCUT2D eigenvalue weighted by Crippen LogP contribution is 2.25. The molecule has 0 radical (unpaired) electrons. The summed E-state index contributed by atoms with van der Waals surface area (Å²) in [6, 6.07) is 0. The van der Waals surface area contributed by atoms with Gasteiger partial charge in [0.1, 0.15) is 0 Å². The summed E-state index contributed by atoms with van der Waals surface area (Å²) >= 11 is 0. The molecule has 2 N–H and O–H groups in total. The number of carboxylic acid groups (broad SMARTS) is 1. The van der Waals surface area contributed by atoms with Crippen LogP contribution < -0.4 is 5.32 Å². The van der Waals surface area contributed by atoms with E-state index < -0.39 is 17.8 Å². The van der Waals surface area contributed by atoms with Crippen LogP contribution in [0.5, 0.6) is 0 Å². The van der Waals surface area contributed by atoms with Crippen LogP contribution in [0.3, 0.4) is 0 Å². The Morgan fingerprint density at radius 2 is 2.05 bits per heavy atom. The molecule has 2 rings (SSSR count). The molecule has 6 heteroatoms. The summed E-state index contributed by atoms with van der Waals surface area (Å²) in [5, 5.41) is 12.0. The van der Waals surface area contributed by atoms with E-state index >= 15 is 0 Å². The maximum Gasteiger partial charge on any atom is 0.307 e. The molecule has 1 aliphatic rings. The van der Waals surface area contributed by atoms with Crippen molar-refractivity contribution in [2.75, 3.05) is 6.54 Å². The van der Waals surface area contributed by atoms with Crippen LogP contribution in [0.15, 0.2) is 30.9 Å². The molecule has 1 aromatic heterocycles. The van der Waals surface area contributed by atoms with Gasteiger partial charge in [-0.3, -0.25) is 9.59 Å². The molecule has 6 nitrogen and oxygen atoms in total. The highest BCUT2D eigenvalue weighted by Gasteiger charge is 2.33. The van der Waals surface area contributed by atoms with Gasteiger partial charge in [0.05, 0.1) is 18.2 Å². The van der Waals surface area contributed by atoms with Crippen molar-refractivity contribution in [1.29, 1.82) is 0 Å². The Bertz CT molecular complexity index is 482. The predicted octanol–water partition coefficient (Wildman–Crippen LogP) is 1.06. The number of nitrogens with one attached hydrogen (secondary N) is 1. The molecule has 0 unspecified atom stereocenters. The van der Waals surface area contributed by atoms with E-state index in [-0.39, 0.29) is 5.91 Å². The zero-order chi connectivity index (χ0) is 14.4. The number of rotatable bonds is 6. The topological polar surface area (TPSA) is 84.2 Å². The molecule has 1 amide bonds. The highest BCUT2D eigenvalue weighted by atomic mass is 16.4. The van der Waals surface area contributed by atoms with Gasteiger partial charge in [-0.05, 0) is 19.3 Å². The van der Waals surface area contributed by atoms with E-state index in [9.17, 15) is 9.59 Å². The lowest BCUT2D eigenvalue weighted by Gasteiger charge is -2.24. The molecule has 1 heterocycles. The largest absolute Gasteiger partial charge is 0.481 e. The van der Waals surface area contributed by atoms with Gasteiger partial charge in [0.15, 0.2) is 0 Å². The van der Waals surface area contributed by atoms with Gasteiger partial charge in [0.25, 0.3) is 0 Å². The highest BCUT2D eigenvalue weighted by molar-refractivity contribution is 5.85. The number of imidazole rings is 1. The van der Waals surface area contributed by atoms with Gasteiger partial charge in [-0.1, -0.05) is 12.2 Å². The van der Waals surface area contributed by atoms with Gasteiger partial charge in [0.2, 0.25) is 5.91 Å². The quantitative estimate of drug-likeness (QED) is 0.601. The first-order valence-corrected chi connectivity index (χ1v) is 6.79. The van der Waals surface area contributed by atoms with E-state index in [0.29, 0.717) is 19.4 Å². The number of amides is 1. The number of carboxylic acids is 1. The fourth-order valence-electron chi connectivity index (χ4n) is 2.40. The zero-order valence-electron chi connectivity index (χ0n) is 11.2. The number of allylic oxidation sites excluding steroid dienone is 2. The van der Waals surface area contributed by atoms with Gasteiger partial charge >= 0.3 is 5.97 Å². The predicted molar refractivity (Wildman–Crippen MR) is 72.8 cm³/mol. The average Bonchev–Trinajstić information content (AvgIpc) is 2.96. The van der Waals surface area contributed by atoms with Crippen LogP contribution in [0.2, 0.25) is 0 Å². The van der Waals surface area contributed by atoms with E-state index in [4.69, 9.17) is 5.11 Å². The second kappa shape index (κ2) is 6.88. The number of aryl methyl sites for hydroxylation is 1. The Kier molecular flexibility index (Phi) is 4.92.